The molecule has 1 aliphatic rings. The van der Waals surface area contributed by atoms with Crippen LogP contribution in [0.1, 0.15) is 24.0 Å². The number of rotatable bonds is 2. The van der Waals surface area contributed by atoms with E-state index in [9.17, 15) is 0 Å². The van der Waals surface area contributed by atoms with E-state index in [1.807, 2.05) is 12.1 Å². The van der Waals surface area contributed by atoms with Crippen LogP contribution in [0.4, 0.5) is 0 Å². The van der Waals surface area contributed by atoms with Crippen LogP contribution < -0.4 is 10.5 Å². The number of fused-ring (bicyclic) bond motifs is 1. The van der Waals surface area contributed by atoms with E-state index in [-0.39, 0.29) is 0 Å². The molecule has 0 fully saturated rings. The minimum atomic E-state index is 0.706. The molecule has 1 aliphatic heterocycles. The number of hydrogen-bond donors (Lipinski definition) is 1. The largest absolute Gasteiger partial charge is 0.492 e. The minimum Gasteiger partial charge on any atom is -0.492 e. The second-order valence-electron chi connectivity index (χ2n) is 3.59. The van der Waals surface area contributed by atoms with E-state index in [2.05, 4.69) is 17.9 Å². The maximum Gasteiger partial charge on any atom is 0.138 e. The fourth-order valence-electron chi connectivity index (χ4n) is 1.66. The summed E-state index contributed by atoms with van der Waals surface area (Å²) in [5.41, 5.74) is 7.70. The molecule has 2 nitrogen and oxygen atoms in total. The van der Waals surface area contributed by atoms with Gasteiger partial charge in [0, 0.05) is 12.8 Å². The second kappa shape index (κ2) is 4.86. The highest BCUT2D eigenvalue weighted by Gasteiger charge is 2.14. The third-order valence-electron chi connectivity index (χ3n) is 2.44. The molecule has 0 radical (unpaired) electrons. The van der Waals surface area contributed by atoms with Crippen LogP contribution in [0.2, 0.25) is 0 Å². The third-order valence-corrected chi connectivity index (χ3v) is 2.44. The number of hydrogen-bond acceptors (Lipinski definition) is 2. The zero-order valence-corrected chi connectivity index (χ0v) is 8.75. The van der Waals surface area contributed by atoms with Crippen molar-refractivity contribution in [2.45, 2.75) is 19.3 Å². The fraction of sp³-hybridized carbons (Fsp3) is 0.385. The predicted octanol–water partition coefficient (Wildman–Crippen LogP) is 1.71. The average molecular weight is 201 g/mol. The normalized spacial score (nSPS) is 12.6. The van der Waals surface area contributed by atoms with Gasteiger partial charge in [0.1, 0.15) is 5.75 Å². The van der Waals surface area contributed by atoms with Crippen molar-refractivity contribution >= 4 is 0 Å². The summed E-state index contributed by atoms with van der Waals surface area (Å²) in [7, 11) is 0. The Bertz CT molecular complexity index is 401. The maximum absolute atomic E-state index is 5.56. The van der Waals surface area contributed by atoms with Crippen molar-refractivity contribution in [2.24, 2.45) is 5.73 Å². The van der Waals surface area contributed by atoms with E-state index in [0.717, 1.165) is 37.2 Å². The first-order chi connectivity index (χ1) is 7.42. The summed E-state index contributed by atoms with van der Waals surface area (Å²) in [5, 5.41) is 0. The van der Waals surface area contributed by atoms with Crippen molar-refractivity contribution in [2.75, 3.05) is 13.2 Å². The highest BCUT2D eigenvalue weighted by atomic mass is 16.5. The lowest BCUT2D eigenvalue weighted by atomic mass is 10.1. The van der Waals surface area contributed by atoms with Crippen LogP contribution in [0.25, 0.3) is 0 Å². The van der Waals surface area contributed by atoms with Gasteiger partial charge in [0.05, 0.1) is 12.2 Å². The number of nitrogens with two attached hydrogens (primary N) is 1. The van der Waals surface area contributed by atoms with Crippen LogP contribution in [0, 0.1) is 11.8 Å². The van der Waals surface area contributed by atoms with E-state index in [4.69, 9.17) is 10.5 Å². The van der Waals surface area contributed by atoms with E-state index < -0.39 is 0 Å². The molecular weight excluding hydrogens is 186 g/mol. The van der Waals surface area contributed by atoms with Crippen molar-refractivity contribution in [3.63, 3.8) is 0 Å². The lowest BCUT2D eigenvalue weighted by Crippen LogP contribution is -1.96. The molecular formula is C13H15NO. The van der Waals surface area contributed by atoms with Gasteiger partial charge in [-0.25, -0.2) is 0 Å². The zero-order chi connectivity index (χ0) is 10.5. The Hall–Kier alpha value is -1.46. The van der Waals surface area contributed by atoms with Crippen molar-refractivity contribution in [1.82, 2.24) is 0 Å². The van der Waals surface area contributed by atoms with Crippen LogP contribution in [0.15, 0.2) is 18.2 Å². The summed E-state index contributed by atoms with van der Waals surface area (Å²) in [5.74, 6) is 7.26. The van der Waals surface area contributed by atoms with Gasteiger partial charge in [0.2, 0.25) is 0 Å². The summed E-state index contributed by atoms with van der Waals surface area (Å²) >= 11 is 0. The van der Waals surface area contributed by atoms with Crippen LogP contribution in [0.3, 0.4) is 0 Å². The first-order valence-electron chi connectivity index (χ1n) is 5.35. The lowest BCUT2D eigenvalue weighted by molar-refractivity contribution is 0.356. The van der Waals surface area contributed by atoms with Gasteiger partial charge < -0.3 is 10.5 Å². The molecule has 0 aliphatic carbocycles. The summed E-state index contributed by atoms with van der Waals surface area (Å²) in [6.07, 6.45) is 2.83. The molecule has 0 bridgehead atoms. The quantitative estimate of drug-likeness (QED) is 0.584. The van der Waals surface area contributed by atoms with Gasteiger partial charge in [-0.3, -0.25) is 0 Å². The number of ether oxygens (including phenoxy) is 1. The third kappa shape index (κ3) is 2.31. The summed E-state index contributed by atoms with van der Waals surface area (Å²) < 4.78 is 5.56. The Labute approximate surface area is 90.4 Å². The molecule has 0 amide bonds. The van der Waals surface area contributed by atoms with Gasteiger partial charge in [-0.2, -0.15) is 0 Å². The monoisotopic (exact) mass is 201 g/mol. The summed E-state index contributed by atoms with van der Waals surface area (Å²) in [6.45, 7) is 1.49. The van der Waals surface area contributed by atoms with Crippen molar-refractivity contribution in [3.05, 3.63) is 29.3 Å². The van der Waals surface area contributed by atoms with Crippen molar-refractivity contribution < 1.29 is 4.74 Å². The highest BCUT2D eigenvalue weighted by Crippen LogP contribution is 2.28. The van der Waals surface area contributed by atoms with Crippen LogP contribution in [-0.2, 0) is 6.42 Å². The molecule has 0 unspecified atom stereocenters. The molecule has 0 spiro atoms. The lowest BCUT2D eigenvalue weighted by Gasteiger charge is -2.00. The molecule has 78 valence electrons. The van der Waals surface area contributed by atoms with E-state index in [0.29, 0.717) is 6.54 Å². The van der Waals surface area contributed by atoms with E-state index in [1.165, 1.54) is 5.56 Å². The molecule has 1 heterocycles. The van der Waals surface area contributed by atoms with Gasteiger partial charge >= 0.3 is 0 Å². The molecule has 15 heavy (non-hydrogen) atoms. The molecule has 0 saturated carbocycles. The first-order valence-corrected chi connectivity index (χ1v) is 5.35. The van der Waals surface area contributed by atoms with Gasteiger partial charge in [0.15, 0.2) is 0 Å². The number of unbranched alkanes of at least 4 members (excludes halogenated alkanes) is 1. The van der Waals surface area contributed by atoms with Crippen molar-refractivity contribution in [3.8, 4) is 17.6 Å². The summed E-state index contributed by atoms with van der Waals surface area (Å²) in [4.78, 5) is 0. The zero-order valence-electron chi connectivity index (χ0n) is 8.75. The second-order valence-corrected chi connectivity index (χ2v) is 3.59. The first kappa shape index (κ1) is 10.1. The molecule has 0 atom stereocenters. The molecule has 1 aromatic rings. The van der Waals surface area contributed by atoms with Gasteiger partial charge in [-0.1, -0.05) is 24.0 Å². The van der Waals surface area contributed by atoms with Gasteiger partial charge in [0.25, 0.3) is 0 Å². The van der Waals surface area contributed by atoms with Gasteiger partial charge in [-0.15, -0.1) is 0 Å². The van der Waals surface area contributed by atoms with Crippen LogP contribution in [-0.4, -0.2) is 13.2 Å². The Kier molecular flexibility index (Phi) is 3.26. The molecule has 2 N–H and O–H groups in total. The molecule has 2 heteroatoms. The van der Waals surface area contributed by atoms with Gasteiger partial charge in [-0.05, 0) is 24.6 Å². The topological polar surface area (TPSA) is 35.2 Å². The minimum absolute atomic E-state index is 0.706. The Morgan fingerprint density at radius 1 is 1.40 bits per heavy atom. The number of benzene rings is 1. The van der Waals surface area contributed by atoms with E-state index in [1.54, 1.807) is 0 Å². The fourth-order valence-corrected chi connectivity index (χ4v) is 1.66. The number of para-hydroxylation sites is 1. The molecule has 0 saturated heterocycles. The Morgan fingerprint density at radius 2 is 2.33 bits per heavy atom. The van der Waals surface area contributed by atoms with Crippen molar-refractivity contribution in [1.29, 1.82) is 0 Å². The standard InChI is InChI=1S/C13H15NO/c14-9-3-1-2-5-11-6-4-7-12-8-10-15-13(11)12/h4,6-7H,1,3,8-10,14H2. The Balaban J connectivity index is 2.14. The molecule has 2 rings (SSSR count). The van der Waals surface area contributed by atoms with Crippen LogP contribution in [0.5, 0.6) is 5.75 Å². The molecule has 1 aromatic carbocycles. The highest BCUT2D eigenvalue weighted by molar-refractivity contribution is 5.52. The van der Waals surface area contributed by atoms with E-state index >= 15 is 0 Å². The van der Waals surface area contributed by atoms with Crippen LogP contribution >= 0.6 is 0 Å². The Morgan fingerprint density at radius 3 is 3.20 bits per heavy atom. The average Bonchev–Trinajstić information content (AvgIpc) is 2.73. The SMILES string of the molecule is NCCCC#Cc1cccc2c1OCC2. The predicted molar refractivity (Wildman–Crippen MR) is 60.8 cm³/mol. The molecule has 0 aromatic heterocycles. The maximum atomic E-state index is 5.56. The smallest absolute Gasteiger partial charge is 0.138 e. The summed E-state index contributed by atoms with van der Waals surface area (Å²) in [6, 6.07) is 6.16.